The lowest BCUT2D eigenvalue weighted by Gasteiger charge is -2.39. The number of hydrogen-bond acceptors (Lipinski definition) is 9. The molecule has 0 spiro atoms. The first-order chi connectivity index (χ1) is 17.0. The van der Waals surface area contributed by atoms with Crippen LogP contribution in [-0.4, -0.2) is 153 Å². The molecule has 1 saturated heterocycles. The van der Waals surface area contributed by atoms with Crippen molar-refractivity contribution in [1.82, 2.24) is 24.9 Å². The van der Waals surface area contributed by atoms with Crippen LogP contribution in [0, 0.1) is 0 Å². The summed E-state index contributed by atoms with van der Waals surface area (Å²) in [5.41, 5.74) is -0.321. The van der Waals surface area contributed by atoms with E-state index in [9.17, 15) is 39.6 Å². The summed E-state index contributed by atoms with van der Waals surface area (Å²) in [6, 6.07) is -3.46. The summed E-state index contributed by atoms with van der Waals surface area (Å²) in [6.45, 7) is 12.6. The minimum Gasteiger partial charge on any atom is -0.480 e. The molecule has 0 aliphatic carbocycles. The van der Waals surface area contributed by atoms with Crippen molar-refractivity contribution < 1.29 is 39.6 Å². The smallest absolute Gasteiger partial charge is 0.322 e. The normalized spacial score (nSPS) is 21.7. The molecule has 4 unspecified atom stereocenters. The standard InChI is InChI=1S/C24H45N5O8/c1-16(20(30)31)26-7-9-27(17(2)21(32)33)11-13-29(19(23(36)37)15-25-24(4,5)6)14-12-28(10-8-26)18(3)22(34)35/h16-19,25H,7-15H2,1-6H3,(H,30,31)(H,32,33)(H,34,35)(H,36,37). The largest absolute Gasteiger partial charge is 0.480 e. The van der Waals surface area contributed by atoms with Gasteiger partial charge in [0.25, 0.3) is 0 Å². The molecule has 4 atom stereocenters. The number of carboxylic acid groups (broad SMARTS) is 4. The van der Waals surface area contributed by atoms with E-state index in [0.717, 1.165) is 0 Å². The number of aliphatic carboxylic acids is 4. The molecule has 1 heterocycles. The highest BCUT2D eigenvalue weighted by Crippen LogP contribution is 2.11. The predicted octanol–water partition coefficient (Wildman–Crippen LogP) is -0.531. The highest BCUT2D eigenvalue weighted by molar-refractivity contribution is 5.74. The molecular weight excluding hydrogens is 486 g/mol. The van der Waals surface area contributed by atoms with Gasteiger partial charge in [0.1, 0.15) is 24.2 Å². The fourth-order valence-electron chi connectivity index (χ4n) is 4.19. The summed E-state index contributed by atoms with van der Waals surface area (Å²) in [5, 5.41) is 42.1. The van der Waals surface area contributed by atoms with E-state index in [1.807, 2.05) is 20.8 Å². The Morgan fingerprint density at radius 2 is 0.865 bits per heavy atom. The lowest BCUT2D eigenvalue weighted by molar-refractivity contribution is -0.147. The summed E-state index contributed by atoms with van der Waals surface area (Å²) in [4.78, 5) is 54.4. The number of hydrogen-bond donors (Lipinski definition) is 5. The second-order valence-corrected chi connectivity index (χ2v) is 10.7. The summed E-state index contributed by atoms with van der Waals surface area (Å²) in [6.07, 6.45) is 0. The number of nitrogens with one attached hydrogen (secondary N) is 1. The molecule has 1 aliphatic heterocycles. The van der Waals surface area contributed by atoms with Gasteiger partial charge in [-0.15, -0.1) is 0 Å². The van der Waals surface area contributed by atoms with Crippen molar-refractivity contribution in [3.05, 3.63) is 0 Å². The van der Waals surface area contributed by atoms with Gasteiger partial charge >= 0.3 is 23.9 Å². The lowest BCUT2D eigenvalue weighted by Crippen LogP contribution is -2.57. The maximum atomic E-state index is 12.3. The maximum Gasteiger partial charge on any atom is 0.322 e. The summed E-state index contributed by atoms with van der Waals surface area (Å²) in [5.74, 6) is -4.10. The van der Waals surface area contributed by atoms with Crippen LogP contribution in [0.3, 0.4) is 0 Å². The Morgan fingerprint density at radius 1 is 0.595 bits per heavy atom. The van der Waals surface area contributed by atoms with E-state index >= 15 is 0 Å². The zero-order valence-electron chi connectivity index (χ0n) is 22.9. The van der Waals surface area contributed by atoms with E-state index in [4.69, 9.17) is 0 Å². The zero-order valence-corrected chi connectivity index (χ0v) is 22.9. The Bertz CT molecular complexity index is 754. The molecule has 13 heteroatoms. The van der Waals surface area contributed by atoms with E-state index < -0.39 is 48.0 Å². The van der Waals surface area contributed by atoms with Crippen LogP contribution in [0.2, 0.25) is 0 Å². The van der Waals surface area contributed by atoms with Gasteiger partial charge in [-0.1, -0.05) is 0 Å². The first-order valence-electron chi connectivity index (χ1n) is 12.7. The number of carbonyl (C=O) groups is 4. The summed E-state index contributed by atoms with van der Waals surface area (Å²) < 4.78 is 0. The van der Waals surface area contributed by atoms with Crippen LogP contribution in [-0.2, 0) is 19.2 Å². The molecular formula is C24H45N5O8. The van der Waals surface area contributed by atoms with E-state index in [1.165, 1.54) is 0 Å². The van der Waals surface area contributed by atoms with Crippen molar-refractivity contribution in [2.75, 3.05) is 58.9 Å². The molecule has 1 fully saturated rings. The Balaban J connectivity index is 3.34. The summed E-state index contributed by atoms with van der Waals surface area (Å²) >= 11 is 0. The monoisotopic (exact) mass is 531 g/mol. The quantitative estimate of drug-likeness (QED) is 0.243. The molecule has 1 rings (SSSR count). The van der Waals surface area contributed by atoms with Gasteiger partial charge in [0.15, 0.2) is 0 Å². The van der Waals surface area contributed by atoms with Crippen molar-refractivity contribution >= 4 is 23.9 Å². The van der Waals surface area contributed by atoms with Gasteiger partial charge in [-0.2, -0.15) is 0 Å². The van der Waals surface area contributed by atoms with Gasteiger partial charge in [0, 0.05) is 64.4 Å². The van der Waals surface area contributed by atoms with Crippen molar-refractivity contribution in [2.24, 2.45) is 0 Å². The SMILES string of the molecule is CC(C(=O)O)N1CCN(C(C)C(=O)O)CCN(C(CNC(C)(C)C)C(=O)O)CCN(C(C)C(=O)O)CC1. The third-order valence-corrected chi connectivity index (χ3v) is 6.96. The Labute approximate surface area is 219 Å². The van der Waals surface area contributed by atoms with Crippen molar-refractivity contribution in [2.45, 2.75) is 71.2 Å². The molecule has 37 heavy (non-hydrogen) atoms. The van der Waals surface area contributed by atoms with Crippen LogP contribution in [0.5, 0.6) is 0 Å². The van der Waals surface area contributed by atoms with E-state index in [-0.39, 0.29) is 64.4 Å². The van der Waals surface area contributed by atoms with Gasteiger partial charge < -0.3 is 25.7 Å². The minimum absolute atomic E-state index is 0.158. The average molecular weight is 532 g/mol. The van der Waals surface area contributed by atoms with Gasteiger partial charge in [-0.3, -0.25) is 38.8 Å². The average Bonchev–Trinajstić information content (AvgIpc) is 2.78. The summed E-state index contributed by atoms with van der Waals surface area (Å²) in [7, 11) is 0. The van der Waals surface area contributed by atoms with E-state index in [1.54, 1.807) is 40.4 Å². The van der Waals surface area contributed by atoms with E-state index in [0.29, 0.717) is 0 Å². The van der Waals surface area contributed by atoms with E-state index in [2.05, 4.69) is 5.32 Å². The number of rotatable bonds is 10. The van der Waals surface area contributed by atoms with Crippen LogP contribution in [0.15, 0.2) is 0 Å². The van der Waals surface area contributed by atoms with Crippen molar-refractivity contribution in [3.8, 4) is 0 Å². The minimum atomic E-state index is -1.03. The van der Waals surface area contributed by atoms with Crippen LogP contribution < -0.4 is 5.32 Å². The van der Waals surface area contributed by atoms with Crippen molar-refractivity contribution in [3.63, 3.8) is 0 Å². The molecule has 13 nitrogen and oxygen atoms in total. The molecule has 214 valence electrons. The van der Waals surface area contributed by atoms with Gasteiger partial charge in [0.05, 0.1) is 0 Å². The van der Waals surface area contributed by atoms with Gasteiger partial charge in [-0.25, -0.2) is 0 Å². The molecule has 1 aliphatic rings. The molecule has 0 radical (unpaired) electrons. The third-order valence-electron chi connectivity index (χ3n) is 6.96. The number of carboxylic acids is 4. The van der Waals surface area contributed by atoms with Gasteiger partial charge in [0.2, 0.25) is 0 Å². The zero-order chi connectivity index (χ0) is 28.5. The first kappa shape index (κ1) is 32.7. The van der Waals surface area contributed by atoms with Crippen LogP contribution in [0.4, 0.5) is 0 Å². The topological polar surface area (TPSA) is 174 Å². The predicted molar refractivity (Wildman–Crippen MR) is 137 cm³/mol. The van der Waals surface area contributed by atoms with Crippen LogP contribution >= 0.6 is 0 Å². The molecule has 0 bridgehead atoms. The Morgan fingerprint density at radius 3 is 1.08 bits per heavy atom. The fourth-order valence-corrected chi connectivity index (χ4v) is 4.19. The fraction of sp³-hybridized carbons (Fsp3) is 0.833. The maximum absolute atomic E-state index is 12.3. The highest BCUT2D eigenvalue weighted by Gasteiger charge is 2.32. The van der Waals surface area contributed by atoms with Crippen LogP contribution in [0.1, 0.15) is 41.5 Å². The highest BCUT2D eigenvalue weighted by atomic mass is 16.4. The molecule has 0 aromatic heterocycles. The Kier molecular flexibility index (Phi) is 12.9. The molecule has 0 amide bonds. The first-order valence-corrected chi connectivity index (χ1v) is 12.7. The van der Waals surface area contributed by atoms with Gasteiger partial charge in [-0.05, 0) is 41.5 Å². The lowest BCUT2D eigenvalue weighted by atomic mass is 10.1. The van der Waals surface area contributed by atoms with Crippen molar-refractivity contribution in [1.29, 1.82) is 0 Å². The second kappa shape index (κ2) is 14.6. The number of nitrogens with zero attached hydrogens (tertiary/aromatic N) is 4. The Hall–Kier alpha value is -2.32. The molecule has 0 saturated carbocycles. The van der Waals surface area contributed by atoms with Crippen LogP contribution in [0.25, 0.3) is 0 Å². The molecule has 0 aromatic carbocycles. The third kappa shape index (κ3) is 10.9. The second-order valence-electron chi connectivity index (χ2n) is 10.7. The molecule has 0 aromatic rings. The molecule has 5 N–H and O–H groups in total.